The minimum atomic E-state index is 0.352. The maximum absolute atomic E-state index is 2.46. The van der Waals surface area contributed by atoms with Gasteiger partial charge in [0.2, 0.25) is 0 Å². The lowest BCUT2D eigenvalue weighted by Crippen LogP contribution is -2.44. The molecule has 0 bridgehead atoms. The van der Waals surface area contributed by atoms with Crippen LogP contribution in [-0.2, 0) is 12.5 Å². The maximum Gasteiger partial charge on any atom is 0.0480 e. The van der Waals surface area contributed by atoms with Crippen molar-refractivity contribution < 1.29 is 0 Å². The molecule has 0 radical (unpaired) electrons. The molecule has 0 amide bonds. The first-order valence-electron chi connectivity index (χ1n) is 7.77. The zero-order chi connectivity index (χ0) is 14.3. The third-order valence-corrected chi connectivity index (χ3v) is 5.45. The molecule has 0 unspecified atom stereocenters. The van der Waals surface area contributed by atoms with Crippen LogP contribution in [-0.4, -0.2) is 29.6 Å². The van der Waals surface area contributed by atoms with Crippen LogP contribution < -0.4 is 0 Å². The van der Waals surface area contributed by atoms with Gasteiger partial charge < -0.3 is 9.47 Å². The fraction of sp³-hybridized carbons (Fsp3) is 0.556. The number of benzene rings is 1. The fourth-order valence-corrected chi connectivity index (χ4v) is 3.79. The van der Waals surface area contributed by atoms with Gasteiger partial charge in [0, 0.05) is 24.2 Å². The van der Waals surface area contributed by atoms with E-state index in [0.717, 1.165) is 0 Å². The lowest BCUT2D eigenvalue weighted by molar-refractivity contribution is 0.146. The molecule has 2 heterocycles. The number of nitrogens with zero attached hydrogens (tertiary/aromatic N) is 2. The Morgan fingerprint density at radius 2 is 1.75 bits per heavy atom. The van der Waals surface area contributed by atoms with Crippen molar-refractivity contribution in [2.24, 2.45) is 13.0 Å². The van der Waals surface area contributed by atoms with Crippen molar-refractivity contribution in [1.82, 2.24) is 9.47 Å². The van der Waals surface area contributed by atoms with Gasteiger partial charge in [-0.1, -0.05) is 26.0 Å². The minimum absolute atomic E-state index is 0.352. The lowest BCUT2D eigenvalue weighted by Gasteiger charge is -2.44. The number of rotatable bonds is 2. The van der Waals surface area contributed by atoms with E-state index in [1.807, 2.05) is 0 Å². The van der Waals surface area contributed by atoms with Crippen LogP contribution in [0.5, 0.6) is 0 Å². The van der Waals surface area contributed by atoms with Crippen molar-refractivity contribution in [3.05, 3.63) is 36.0 Å². The molecular weight excluding hydrogens is 244 g/mol. The van der Waals surface area contributed by atoms with Gasteiger partial charge in [-0.15, -0.1) is 0 Å². The van der Waals surface area contributed by atoms with E-state index in [1.54, 1.807) is 0 Å². The van der Waals surface area contributed by atoms with Gasteiger partial charge >= 0.3 is 0 Å². The van der Waals surface area contributed by atoms with Crippen molar-refractivity contribution in [1.29, 1.82) is 0 Å². The summed E-state index contributed by atoms with van der Waals surface area (Å²) in [7, 11) is 4.38. The Bertz CT molecular complexity index is 601. The Morgan fingerprint density at radius 3 is 2.40 bits per heavy atom. The third-order valence-electron chi connectivity index (χ3n) is 5.45. The molecule has 1 aromatic carbocycles. The van der Waals surface area contributed by atoms with E-state index in [0.29, 0.717) is 11.3 Å². The average molecular weight is 270 g/mol. The molecule has 0 aliphatic carbocycles. The van der Waals surface area contributed by atoms with E-state index in [-0.39, 0.29) is 0 Å². The van der Waals surface area contributed by atoms with Crippen LogP contribution in [0.15, 0.2) is 30.5 Å². The molecule has 2 aromatic rings. The third kappa shape index (κ3) is 2.07. The summed E-state index contributed by atoms with van der Waals surface area (Å²) in [6.45, 7) is 7.20. The second-order valence-electron chi connectivity index (χ2n) is 6.81. The monoisotopic (exact) mass is 270 g/mol. The van der Waals surface area contributed by atoms with Gasteiger partial charge in [-0.25, -0.2) is 0 Å². The zero-order valence-electron chi connectivity index (χ0n) is 13.2. The summed E-state index contributed by atoms with van der Waals surface area (Å²) in [5, 5.41) is 1.35. The van der Waals surface area contributed by atoms with Gasteiger partial charge in [0.15, 0.2) is 0 Å². The molecule has 1 aliphatic rings. The number of aromatic nitrogens is 1. The summed E-state index contributed by atoms with van der Waals surface area (Å²) in [5.41, 5.74) is 3.25. The Morgan fingerprint density at radius 1 is 1.05 bits per heavy atom. The fourth-order valence-electron chi connectivity index (χ4n) is 3.79. The smallest absolute Gasteiger partial charge is 0.0480 e. The molecule has 2 nitrogen and oxygen atoms in total. The van der Waals surface area contributed by atoms with Gasteiger partial charge in [-0.05, 0) is 62.0 Å². The summed E-state index contributed by atoms with van der Waals surface area (Å²) < 4.78 is 2.24. The van der Waals surface area contributed by atoms with Crippen LogP contribution in [0, 0.1) is 5.92 Å². The van der Waals surface area contributed by atoms with Crippen molar-refractivity contribution >= 4 is 10.9 Å². The highest BCUT2D eigenvalue weighted by molar-refractivity contribution is 5.81. The summed E-state index contributed by atoms with van der Waals surface area (Å²) in [6, 6.07) is 9.30. The molecule has 1 aromatic heterocycles. The summed E-state index contributed by atoms with van der Waals surface area (Å²) in [6.07, 6.45) is 4.71. The van der Waals surface area contributed by atoms with Crippen LogP contribution in [0.25, 0.3) is 10.9 Å². The highest BCUT2D eigenvalue weighted by atomic mass is 15.1. The van der Waals surface area contributed by atoms with E-state index in [9.17, 15) is 0 Å². The van der Waals surface area contributed by atoms with Crippen LogP contribution in [0.2, 0.25) is 0 Å². The number of hydrogen-bond donors (Lipinski definition) is 0. The van der Waals surface area contributed by atoms with Crippen molar-refractivity contribution in [3.8, 4) is 0 Å². The molecule has 0 atom stereocenters. The molecule has 20 heavy (non-hydrogen) atoms. The van der Waals surface area contributed by atoms with Gasteiger partial charge in [0.25, 0.3) is 0 Å². The Kier molecular flexibility index (Phi) is 3.37. The quantitative estimate of drug-likeness (QED) is 0.806. The van der Waals surface area contributed by atoms with Crippen molar-refractivity contribution in [2.45, 2.75) is 32.1 Å². The van der Waals surface area contributed by atoms with E-state index in [1.165, 1.54) is 42.4 Å². The molecule has 0 spiro atoms. The van der Waals surface area contributed by atoms with Crippen LogP contribution in [0.1, 0.15) is 32.3 Å². The number of hydrogen-bond acceptors (Lipinski definition) is 1. The molecule has 108 valence electrons. The molecule has 2 heteroatoms. The Hall–Kier alpha value is -1.28. The normalized spacial score (nSPS) is 19.9. The van der Waals surface area contributed by atoms with Gasteiger partial charge in [-0.3, -0.25) is 0 Å². The summed E-state index contributed by atoms with van der Waals surface area (Å²) >= 11 is 0. The van der Waals surface area contributed by atoms with E-state index < -0.39 is 0 Å². The molecule has 3 rings (SSSR count). The second kappa shape index (κ2) is 4.92. The predicted octanol–water partition coefficient (Wildman–Crippen LogP) is 3.80. The molecule has 1 saturated heterocycles. The first-order chi connectivity index (χ1) is 9.53. The standard InChI is InChI=1S/C18H26N2/c1-14(2)18(8-11-19(3)12-9-18)16-6-5-15-7-10-20(4)17(15)13-16/h5-7,10,13-14H,8-9,11-12H2,1-4H3. The first kappa shape index (κ1) is 13.7. The SMILES string of the molecule is CC(C)C1(c2ccc3ccn(C)c3c2)CCN(C)CC1. The largest absolute Gasteiger partial charge is 0.351 e. The van der Waals surface area contributed by atoms with Crippen LogP contribution >= 0.6 is 0 Å². The van der Waals surface area contributed by atoms with E-state index in [4.69, 9.17) is 0 Å². The Labute approximate surface area is 122 Å². The van der Waals surface area contributed by atoms with Crippen molar-refractivity contribution in [2.75, 3.05) is 20.1 Å². The minimum Gasteiger partial charge on any atom is -0.351 e. The van der Waals surface area contributed by atoms with Crippen molar-refractivity contribution in [3.63, 3.8) is 0 Å². The second-order valence-corrected chi connectivity index (χ2v) is 6.81. The molecule has 0 N–H and O–H groups in total. The lowest BCUT2D eigenvalue weighted by atomic mass is 9.65. The highest BCUT2D eigenvalue weighted by Crippen LogP contribution is 2.42. The predicted molar refractivity (Wildman–Crippen MR) is 86.2 cm³/mol. The topological polar surface area (TPSA) is 8.17 Å². The maximum atomic E-state index is 2.46. The molecule has 1 fully saturated rings. The van der Waals surface area contributed by atoms with Gasteiger partial charge in [0.1, 0.15) is 0 Å². The number of piperidine rings is 1. The van der Waals surface area contributed by atoms with Gasteiger partial charge in [0.05, 0.1) is 0 Å². The number of aryl methyl sites for hydroxylation is 1. The first-order valence-corrected chi connectivity index (χ1v) is 7.77. The van der Waals surface area contributed by atoms with E-state index in [2.05, 4.69) is 67.9 Å². The summed E-state index contributed by atoms with van der Waals surface area (Å²) in [4.78, 5) is 2.46. The van der Waals surface area contributed by atoms with Crippen LogP contribution in [0.4, 0.5) is 0 Å². The zero-order valence-corrected chi connectivity index (χ0v) is 13.2. The Balaban J connectivity index is 2.07. The molecular formula is C18H26N2. The number of fused-ring (bicyclic) bond motifs is 1. The summed E-state index contributed by atoms with van der Waals surface area (Å²) in [5.74, 6) is 0.689. The molecule has 1 aliphatic heterocycles. The van der Waals surface area contributed by atoms with E-state index >= 15 is 0 Å². The van der Waals surface area contributed by atoms with Gasteiger partial charge in [-0.2, -0.15) is 0 Å². The molecule has 0 saturated carbocycles. The highest BCUT2D eigenvalue weighted by Gasteiger charge is 2.38. The number of likely N-dealkylation sites (tertiary alicyclic amines) is 1. The van der Waals surface area contributed by atoms with Crippen LogP contribution in [0.3, 0.4) is 0 Å². The average Bonchev–Trinajstić information content (AvgIpc) is 2.81.